The highest BCUT2D eigenvalue weighted by Gasteiger charge is 2.22. The van der Waals surface area contributed by atoms with Crippen LogP contribution in [0.5, 0.6) is 0 Å². The largest absolute Gasteiger partial charge is 0.302 e. The van der Waals surface area contributed by atoms with Crippen molar-refractivity contribution in [2.24, 2.45) is 0 Å². The smallest absolute Gasteiger partial charge is 0.155 e. The van der Waals surface area contributed by atoms with Gasteiger partial charge in [0.05, 0.1) is 5.52 Å². The lowest BCUT2D eigenvalue weighted by Crippen LogP contribution is -1.99. The topological polar surface area (TPSA) is 17.3 Å². The minimum atomic E-state index is 0.604. The molecule has 2 nitrogen and oxygen atoms in total. The van der Waals surface area contributed by atoms with Crippen LogP contribution in [-0.2, 0) is 0 Å². The molecule has 3 heteroatoms. The third-order valence-corrected chi connectivity index (χ3v) is 3.53. The van der Waals surface area contributed by atoms with Gasteiger partial charge in [0.1, 0.15) is 5.82 Å². The Balaban J connectivity index is 2.17. The van der Waals surface area contributed by atoms with Crippen LogP contribution in [0.2, 0.25) is 5.15 Å². The second kappa shape index (κ2) is 3.53. The lowest BCUT2D eigenvalue weighted by molar-refractivity contribution is 0.665. The van der Waals surface area contributed by atoms with Gasteiger partial charge in [-0.2, -0.15) is 0 Å². The van der Waals surface area contributed by atoms with E-state index in [9.17, 15) is 0 Å². The highest BCUT2D eigenvalue weighted by molar-refractivity contribution is 6.32. The van der Waals surface area contributed by atoms with Crippen molar-refractivity contribution in [1.82, 2.24) is 9.38 Å². The summed E-state index contributed by atoms with van der Waals surface area (Å²) in [6, 6.07) is 6.05. The van der Waals surface area contributed by atoms with Crippen LogP contribution in [0.25, 0.3) is 5.52 Å². The summed E-state index contributed by atoms with van der Waals surface area (Å²) in [5.74, 6) is 1.75. The van der Waals surface area contributed by atoms with E-state index in [1.807, 2.05) is 18.2 Å². The Morgan fingerprint density at radius 2 is 2.07 bits per heavy atom. The van der Waals surface area contributed by atoms with Gasteiger partial charge >= 0.3 is 0 Å². The third kappa shape index (κ3) is 1.44. The summed E-state index contributed by atoms with van der Waals surface area (Å²) in [5, 5.41) is 0.637. The molecule has 0 unspecified atom stereocenters. The van der Waals surface area contributed by atoms with Crippen molar-refractivity contribution in [3.05, 3.63) is 35.4 Å². The van der Waals surface area contributed by atoms with Gasteiger partial charge in [-0.3, -0.25) is 0 Å². The second-order valence-electron chi connectivity index (χ2n) is 4.20. The number of rotatable bonds is 1. The number of aromatic nitrogens is 2. The number of imidazole rings is 1. The number of nitrogens with zero attached hydrogens (tertiary/aromatic N) is 2. The highest BCUT2D eigenvalue weighted by atomic mass is 35.5. The third-order valence-electron chi connectivity index (χ3n) is 3.25. The van der Waals surface area contributed by atoms with Crippen LogP contribution in [0.1, 0.15) is 37.4 Å². The molecule has 0 aromatic carbocycles. The van der Waals surface area contributed by atoms with E-state index in [0.29, 0.717) is 11.1 Å². The van der Waals surface area contributed by atoms with Crippen molar-refractivity contribution in [3.8, 4) is 0 Å². The van der Waals surface area contributed by atoms with Crippen LogP contribution in [0, 0.1) is 0 Å². The molecule has 0 amide bonds. The second-order valence-corrected chi connectivity index (χ2v) is 4.56. The van der Waals surface area contributed by atoms with Gasteiger partial charge in [0.15, 0.2) is 5.15 Å². The first-order valence-electron chi connectivity index (χ1n) is 5.49. The van der Waals surface area contributed by atoms with Crippen LogP contribution in [0.4, 0.5) is 0 Å². The van der Waals surface area contributed by atoms with Crippen LogP contribution in [-0.4, -0.2) is 9.38 Å². The van der Waals surface area contributed by atoms with Gasteiger partial charge in [-0.05, 0) is 25.0 Å². The van der Waals surface area contributed by atoms with E-state index >= 15 is 0 Å². The number of fused-ring (bicyclic) bond motifs is 1. The first-order chi connectivity index (χ1) is 7.36. The van der Waals surface area contributed by atoms with E-state index < -0.39 is 0 Å². The molecule has 0 aliphatic heterocycles. The van der Waals surface area contributed by atoms with Crippen molar-refractivity contribution in [2.45, 2.75) is 31.6 Å². The van der Waals surface area contributed by atoms with Crippen LogP contribution in [0.3, 0.4) is 0 Å². The normalized spacial score (nSPS) is 17.7. The molecule has 1 aliphatic rings. The maximum Gasteiger partial charge on any atom is 0.155 e. The lowest BCUT2D eigenvalue weighted by atomic mass is 10.1. The highest BCUT2D eigenvalue weighted by Crippen LogP contribution is 2.35. The van der Waals surface area contributed by atoms with Crippen LogP contribution >= 0.6 is 11.6 Å². The van der Waals surface area contributed by atoms with Crippen LogP contribution < -0.4 is 0 Å². The summed E-state index contributed by atoms with van der Waals surface area (Å²) in [6.45, 7) is 0. The molecular formula is C12H13ClN2. The number of hydrogen-bond acceptors (Lipinski definition) is 1. The lowest BCUT2D eigenvalue weighted by Gasteiger charge is -2.06. The molecule has 1 fully saturated rings. The average Bonchev–Trinajstić information content (AvgIpc) is 2.87. The van der Waals surface area contributed by atoms with Gasteiger partial charge in [0.25, 0.3) is 0 Å². The van der Waals surface area contributed by atoms with Gasteiger partial charge in [-0.25, -0.2) is 4.98 Å². The zero-order chi connectivity index (χ0) is 10.3. The van der Waals surface area contributed by atoms with E-state index in [4.69, 9.17) is 11.6 Å². The summed E-state index contributed by atoms with van der Waals surface area (Å²) in [5.41, 5.74) is 1.03. The predicted molar refractivity (Wildman–Crippen MR) is 61.4 cm³/mol. The molecule has 3 rings (SSSR count). The molecule has 1 aliphatic carbocycles. The Labute approximate surface area is 93.9 Å². The molecule has 0 saturated heterocycles. The van der Waals surface area contributed by atoms with Crippen LogP contribution in [0.15, 0.2) is 24.4 Å². The quantitative estimate of drug-likeness (QED) is 0.717. The fourth-order valence-electron chi connectivity index (χ4n) is 2.49. The maximum absolute atomic E-state index is 6.12. The molecule has 0 radical (unpaired) electrons. The van der Waals surface area contributed by atoms with Crippen molar-refractivity contribution < 1.29 is 0 Å². The van der Waals surface area contributed by atoms with E-state index in [1.165, 1.54) is 25.7 Å². The zero-order valence-corrected chi connectivity index (χ0v) is 9.24. The monoisotopic (exact) mass is 220 g/mol. The van der Waals surface area contributed by atoms with E-state index in [1.54, 1.807) is 0 Å². The minimum Gasteiger partial charge on any atom is -0.302 e. The van der Waals surface area contributed by atoms with Crippen molar-refractivity contribution in [3.63, 3.8) is 0 Å². The Morgan fingerprint density at radius 1 is 1.27 bits per heavy atom. The average molecular weight is 221 g/mol. The predicted octanol–water partition coefficient (Wildman–Crippen LogP) is 3.65. The Bertz CT molecular complexity index is 483. The van der Waals surface area contributed by atoms with Gasteiger partial charge in [-0.1, -0.05) is 30.5 Å². The van der Waals surface area contributed by atoms with Crippen molar-refractivity contribution >= 4 is 17.1 Å². The van der Waals surface area contributed by atoms with E-state index in [0.717, 1.165) is 11.3 Å². The Kier molecular flexibility index (Phi) is 2.17. The fraction of sp³-hybridized carbons (Fsp3) is 0.417. The first kappa shape index (κ1) is 9.22. The molecule has 2 heterocycles. The standard InChI is InChI=1S/C12H13ClN2/c13-11-10-7-3-4-8-15(10)12(14-11)9-5-1-2-6-9/h3-4,7-9H,1-2,5-6H2. The summed E-state index contributed by atoms with van der Waals surface area (Å²) >= 11 is 6.12. The molecular weight excluding hydrogens is 208 g/mol. The van der Waals surface area contributed by atoms with Gasteiger partial charge < -0.3 is 4.40 Å². The SMILES string of the molecule is Clc1nc(C2CCCC2)n2ccccc12. The molecule has 78 valence electrons. The molecule has 0 spiro atoms. The maximum atomic E-state index is 6.12. The van der Waals surface area contributed by atoms with Gasteiger partial charge in [0, 0.05) is 12.1 Å². The number of halogens is 1. The molecule has 2 aromatic heterocycles. The zero-order valence-electron chi connectivity index (χ0n) is 8.49. The first-order valence-corrected chi connectivity index (χ1v) is 5.86. The van der Waals surface area contributed by atoms with Crippen molar-refractivity contribution in [1.29, 1.82) is 0 Å². The number of pyridine rings is 1. The summed E-state index contributed by atoms with van der Waals surface area (Å²) < 4.78 is 2.14. The molecule has 1 saturated carbocycles. The molecule has 0 N–H and O–H groups in total. The molecule has 2 aromatic rings. The molecule has 0 bridgehead atoms. The minimum absolute atomic E-state index is 0.604. The van der Waals surface area contributed by atoms with E-state index in [2.05, 4.69) is 15.6 Å². The van der Waals surface area contributed by atoms with Gasteiger partial charge in [-0.15, -0.1) is 0 Å². The summed E-state index contributed by atoms with van der Waals surface area (Å²) in [4.78, 5) is 4.50. The van der Waals surface area contributed by atoms with E-state index in [-0.39, 0.29) is 0 Å². The van der Waals surface area contributed by atoms with Crippen molar-refractivity contribution in [2.75, 3.05) is 0 Å². The Morgan fingerprint density at radius 3 is 2.87 bits per heavy atom. The molecule has 0 atom stereocenters. The van der Waals surface area contributed by atoms with Gasteiger partial charge in [0.2, 0.25) is 0 Å². The molecule has 15 heavy (non-hydrogen) atoms. The Hall–Kier alpha value is -1.02. The summed E-state index contributed by atoms with van der Waals surface area (Å²) in [7, 11) is 0. The fourth-order valence-corrected chi connectivity index (χ4v) is 2.74. The number of hydrogen-bond donors (Lipinski definition) is 0. The summed E-state index contributed by atoms with van der Waals surface area (Å²) in [6.07, 6.45) is 7.21.